The predicted molar refractivity (Wildman–Crippen MR) is 54.3 cm³/mol. The molecule has 1 aliphatic rings. The van der Waals surface area contributed by atoms with E-state index in [1.54, 1.807) is 0 Å². The average molecular weight is 210 g/mol. The first-order valence-electron chi connectivity index (χ1n) is 4.86. The van der Waals surface area contributed by atoms with Gasteiger partial charge in [0.1, 0.15) is 5.82 Å². The van der Waals surface area contributed by atoms with Gasteiger partial charge in [-0.1, -0.05) is 0 Å². The number of hydrogen-bond donors (Lipinski definition) is 1. The van der Waals surface area contributed by atoms with Crippen molar-refractivity contribution in [1.29, 1.82) is 0 Å². The van der Waals surface area contributed by atoms with Gasteiger partial charge in [-0.3, -0.25) is 10.1 Å². The van der Waals surface area contributed by atoms with Crippen molar-refractivity contribution >= 4 is 11.4 Å². The van der Waals surface area contributed by atoms with Crippen molar-refractivity contribution in [2.24, 2.45) is 0 Å². The van der Waals surface area contributed by atoms with Crippen LogP contribution in [0, 0.1) is 15.9 Å². The summed E-state index contributed by atoms with van der Waals surface area (Å²) in [7, 11) is 0. The lowest BCUT2D eigenvalue weighted by Crippen LogP contribution is -2.26. The number of anilines is 1. The Morgan fingerprint density at radius 2 is 2.13 bits per heavy atom. The van der Waals surface area contributed by atoms with Gasteiger partial charge in [0.05, 0.1) is 11.0 Å². The summed E-state index contributed by atoms with van der Waals surface area (Å²) in [5, 5.41) is 13.6. The molecule has 0 heterocycles. The van der Waals surface area contributed by atoms with Gasteiger partial charge >= 0.3 is 0 Å². The molecule has 15 heavy (non-hydrogen) atoms. The van der Waals surface area contributed by atoms with Crippen molar-refractivity contribution < 1.29 is 9.31 Å². The molecule has 4 nitrogen and oxygen atoms in total. The van der Waals surface area contributed by atoms with Crippen molar-refractivity contribution in [2.75, 3.05) is 5.32 Å². The Labute approximate surface area is 86.3 Å². The van der Waals surface area contributed by atoms with Gasteiger partial charge in [0.25, 0.3) is 5.69 Å². The maximum Gasteiger partial charge on any atom is 0.274 e. The summed E-state index contributed by atoms with van der Waals surface area (Å²) in [6.45, 7) is 0. The molecule has 0 saturated heterocycles. The topological polar surface area (TPSA) is 55.2 Å². The molecule has 0 spiro atoms. The maximum atomic E-state index is 13.0. The molecule has 0 amide bonds. The molecule has 1 fully saturated rings. The molecule has 1 saturated carbocycles. The number of hydrogen-bond acceptors (Lipinski definition) is 3. The van der Waals surface area contributed by atoms with Crippen LogP contribution in [0.3, 0.4) is 0 Å². The number of halogens is 1. The number of benzene rings is 1. The Kier molecular flexibility index (Phi) is 2.53. The molecule has 0 unspecified atom stereocenters. The molecule has 0 bridgehead atoms. The van der Waals surface area contributed by atoms with Crippen LogP contribution in [0.25, 0.3) is 0 Å². The van der Waals surface area contributed by atoms with Gasteiger partial charge in [-0.15, -0.1) is 0 Å². The van der Waals surface area contributed by atoms with E-state index in [2.05, 4.69) is 5.32 Å². The normalized spacial score (nSPS) is 15.8. The number of nitro benzene ring substituents is 1. The Hall–Kier alpha value is -1.65. The lowest BCUT2D eigenvalue weighted by molar-refractivity contribution is -0.385. The first-order chi connectivity index (χ1) is 7.15. The van der Waals surface area contributed by atoms with E-state index in [1.807, 2.05) is 0 Å². The van der Waals surface area contributed by atoms with Crippen LogP contribution >= 0.6 is 0 Å². The van der Waals surface area contributed by atoms with E-state index in [0.717, 1.165) is 25.3 Å². The van der Waals surface area contributed by atoms with Gasteiger partial charge in [0.15, 0.2) is 0 Å². The van der Waals surface area contributed by atoms with E-state index < -0.39 is 10.7 Å². The van der Waals surface area contributed by atoms with Crippen LogP contribution in [0.2, 0.25) is 0 Å². The molecule has 1 N–H and O–H groups in total. The largest absolute Gasteiger partial charge is 0.382 e. The van der Waals surface area contributed by atoms with Gasteiger partial charge in [-0.2, -0.15) is 0 Å². The van der Waals surface area contributed by atoms with Crippen molar-refractivity contribution in [3.8, 4) is 0 Å². The zero-order valence-corrected chi connectivity index (χ0v) is 8.07. The third-order valence-corrected chi connectivity index (χ3v) is 2.57. The quantitative estimate of drug-likeness (QED) is 0.616. The average Bonchev–Trinajstić information content (AvgIpc) is 2.10. The molecule has 1 aliphatic carbocycles. The minimum absolute atomic E-state index is 0.211. The summed E-state index contributed by atoms with van der Waals surface area (Å²) in [5.41, 5.74) is 0.281. The number of nitro groups is 1. The van der Waals surface area contributed by atoms with Crippen LogP contribution in [-0.4, -0.2) is 11.0 Å². The van der Waals surface area contributed by atoms with E-state index >= 15 is 0 Å². The predicted octanol–water partition coefficient (Wildman–Crippen LogP) is 2.70. The highest BCUT2D eigenvalue weighted by atomic mass is 19.1. The standard InChI is InChI=1S/C10H11FN2O2/c11-7-4-9(12-8-2-1-3-8)6-10(5-7)13(14)15/h4-6,8,12H,1-3H2. The SMILES string of the molecule is O=[N+]([O-])c1cc(F)cc(NC2CCC2)c1. The number of nitrogens with zero attached hydrogens (tertiary/aromatic N) is 1. The fraction of sp³-hybridized carbons (Fsp3) is 0.400. The molecule has 1 aromatic rings. The molecule has 2 rings (SSSR count). The van der Waals surface area contributed by atoms with Crippen molar-refractivity contribution in [3.05, 3.63) is 34.1 Å². The summed E-state index contributed by atoms with van der Waals surface area (Å²) in [4.78, 5) is 9.90. The van der Waals surface area contributed by atoms with Crippen LogP contribution in [-0.2, 0) is 0 Å². The Bertz CT molecular complexity index is 391. The van der Waals surface area contributed by atoms with E-state index in [4.69, 9.17) is 0 Å². The second-order valence-corrected chi connectivity index (χ2v) is 3.73. The lowest BCUT2D eigenvalue weighted by atomic mass is 9.93. The van der Waals surface area contributed by atoms with Crippen molar-refractivity contribution in [1.82, 2.24) is 0 Å². The summed E-state index contributed by atoms with van der Waals surface area (Å²) < 4.78 is 13.0. The third-order valence-electron chi connectivity index (χ3n) is 2.57. The number of rotatable bonds is 3. The fourth-order valence-corrected chi connectivity index (χ4v) is 1.55. The van der Waals surface area contributed by atoms with E-state index in [-0.39, 0.29) is 5.69 Å². The van der Waals surface area contributed by atoms with Gasteiger partial charge in [-0.25, -0.2) is 4.39 Å². The van der Waals surface area contributed by atoms with Crippen LogP contribution in [0.4, 0.5) is 15.8 Å². The highest BCUT2D eigenvalue weighted by Gasteiger charge is 2.18. The fourth-order valence-electron chi connectivity index (χ4n) is 1.55. The second-order valence-electron chi connectivity index (χ2n) is 3.73. The molecule has 5 heteroatoms. The van der Waals surface area contributed by atoms with E-state index in [0.29, 0.717) is 11.7 Å². The maximum absolute atomic E-state index is 13.0. The van der Waals surface area contributed by atoms with Crippen LogP contribution < -0.4 is 5.32 Å². The van der Waals surface area contributed by atoms with Crippen molar-refractivity contribution in [3.63, 3.8) is 0 Å². The first kappa shape index (κ1) is 9.89. The van der Waals surface area contributed by atoms with Crippen LogP contribution in [0.5, 0.6) is 0 Å². The lowest BCUT2D eigenvalue weighted by Gasteiger charge is -2.27. The molecule has 1 aromatic carbocycles. The van der Waals surface area contributed by atoms with Crippen LogP contribution in [0.15, 0.2) is 18.2 Å². The van der Waals surface area contributed by atoms with E-state index in [1.165, 1.54) is 12.1 Å². The first-order valence-corrected chi connectivity index (χ1v) is 4.86. The zero-order valence-electron chi connectivity index (χ0n) is 8.07. The molecule has 0 atom stereocenters. The highest BCUT2D eigenvalue weighted by molar-refractivity contribution is 5.52. The monoisotopic (exact) mass is 210 g/mol. The molecular weight excluding hydrogens is 199 g/mol. The second kappa shape index (κ2) is 3.84. The summed E-state index contributed by atoms with van der Waals surface area (Å²) in [5.74, 6) is -0.578. The number of non-ortho nitro benzene ring substituents is 1. The zero-order chi connectivity index (χ0) is 10.8. The summed E-state index contributed by atoms with van der Waals surface area (Å²) >= 11 is 0. The minimum Gasteiger partial charge on any atom is -0.382 e. The smallest absolute Gasteiger partial charge is 0.274 e. The summed E-state index contributed by atoms with van der Waals surface area (Å²) in [6, 6.07) is 3.91. The van der Waals surface area contributed by atoms with Gasteiger partial charge in [-0.05, 0) is 25.3 Å². The molecule has 0 radical (unpaired) electrons. The van der Waals surface area contributed by atoms with Gasteiger partial charge in [0, 0.05) is 17.8 Å². The molecule has 0 aromatic heterocycles. The Morgan fingerprint density at radius 1 is 1.40 bits per heavy atom. The third kappa shape index (κ3) is 2.23. The Morgan fingerprint density at radius 3 is 2.67 bits per heavy atom. The molecule has 80 valence electrons. The Balaban J connectivity index is 2.18. The van der Waals surface area contributed by atoms with Gasteiger partial charge < -0.3 is 5.32 Å². The number of nitrogens with one attached hydrogen (secondary N) is 1. The van der Waals surface area contributed by atoms with Crippen molar-refractivity contribution in [2.45, 2.75) is 25.3 Å². The summed E-state index contributed by atoms with van der Waals surface area (Å²) in [6.07, 6.45) is 3.25. The highest BCUT2D eigenvalue weighted by Crippen LogP contribution is 2.26. The molecular formula is C10H11FN2O2. The van der Waals surface area contributed by atoms with E-state index in [9.17, 15) is 14.5 Å². The molecule has 0 aliphatic heterocycles. The van der Waals surface area contributed by atoms with Gasteiger partial charge in [0.2, 0.25) is 0 Å². The minimum atomic E-state index is -0.588. The van der Waals surface area contributed by atoms with Crippen LogP contribution in [0.1, 0.15) is 19.3 Å².